The van der Waals surface area contributed by atoms with Crippen molar-refractivity contribution in [3.8, 4) is 17.2 Å². The topological polar surface area (TPSA) is 91.7 Å². The van der Waals surface area contributed by atoms with Gasteiger partial charge in [0.05, 0.1) is 10.9 Å². The second-order valence-electron chi connectivity index (χ2n) is 8.13. The molecule has 0 aliphatic carbocycles. The van der Waals surface area contributed by atoms with E-state index in [2.05, 4.69) is 11.9 Å². The summed E-state index contributed by atoms with van der Waals surface area (Å²) < 4.78 is 18.3. The van der Waals surface area contributed by atoms with Crippen molar-refractivity contribution in [1.29, 1.82) is 0 Å². The van der Waals surface area contributed by atoms with Crippen LogP contribution in [-0.4, -0.2) is 28.9 Å². The van der Waals surface area contributed by atoms with Gasteiger partial charge in [-0.1, -0.05) is 12.5 Å². The normalized spacial score (nSPS) is 14.4. The van der Waals surface area contributed by atoms with E-state index in [4.69, 9.17) is 19.2 Å². The zero-order chi connectivity index (χ0) is 22.8. The van der Waals surface area contributed by atoms with Crippen LogP contribution >= 0.6 is 0 Å². The molecule has 1 amide bonds. The van der Waals surface area contributed by atoms with Crippen LogP contribution in [0.1, 0.15) is 30.7 Å². The third-order valence-corrected chi connectivity index (χ3v) is 5.91. The summed E-state index contributed by atoms with van der Waals surface area (Å²) >= 11 is 0. The number of allylic oxidation sites excluding steroid dienone is 1. The van der Waals surface area contributed by atoms with Gasteiger partial charge in [-0.3, -0.25) is 14.2 Å². The van der Waals surface area contributed by atoms with Crippen LogP contribution in [0.2, 0.25) is 0 Å². The van der Waals surface area contributed by atoms with E-state index in [0.717, 1.165) is 31.5 Å². The minimum atomic E-state index is -0.324. The Morgan fingerprint density at radius 2 is 2.06 bits per heavy atom. The molecule has 0 saturated carbocycles. The standard InChI is InChI=1S/C25H25N3O5/c1-2-6-17-19(31-14-23(29)26-16-8-10-20-21(13-16)33-15-32-20)11-9-18-24(17)25(30)28-12-5-3-4-7-22(28)27-18/h2,8-11,13H,1,3-7,12,14-15H2,(H,26,29). The zero-order valence-electron chi connectivity index (χ0n) is 18.3. The van der Waals surface area contributed by atoms with Crippen LogP contribution in [0, 0.1) is 0 Å². The molecule has 5 rings (SSSR count). The number of hydrogen-bond donors (Lipinski definition) is 1. The Bertz CT molecular complexity index is 1300. The van der Waals surface area contributed by atoms with Crippen molar-refractivity contribution in [3.05, 3.63) is 64.7 Å². The van der Waals surface area contributed by atoms with Crippen molar-refractivity contribution in [2.75, 3.05) is 18.7 Å². The maximum atomic E-state index is 13.4. The fraction of sp³-hybridized carbons (Fsp3) is 0.320. The first-order chi connectivity index (χ1) is 16.1. The minimum absolute atomic E-state index is 0.0518. The highest BCUT2D eigenvalue weighted by Gasteiger charge is 2.19. The molecule has 0 spiro atoms. The van der Waals surface area contributed by atoms with E-state index in [1.165, 1.54) is 0 Å². The second-order valence-corrected chi connectivity index (χ2v) is 8.13. The van der Waals surface area contributed by atoms with Crippen LogP contribution in [0.25, 0.3) is 10.9 Å². The highest BCUT2D eigenvalue weighted by Crippen LogP contribution is 2.34. The summed E-state index contributed by atoms with van der Waals surface area (Å²) in [5, 5.41) is 3.33. The molecule has 8 heteroatoms. The van der Waals surface area contributed by atoms with Crippen molar-refractivity contribution in [2.45, 2.75) is 38.6 Å². The number of aryl methyl sites for hydroxylation is 1. The van der Waals surface area contributed by atoms with Gasteiger partial charge in [0, 0.05) is 30.3 Å². The third kappa shape index (κ3) is 4.16. The quantitative estimate of drug-likeness (QED) is 0.581. The minimum Gasteiger partial charge on any atom is -0.483 e. The Labute approximate surface area is 190 Å². The number of carbonyl (C=O) groups excluding carboxylic acids is 1. The molecule has 170 valence electrons. The number of benzene rings is 2. The molecule has 0 radical (unpaired) electrons. The van der Waals surface area contributed by atoms with Crippen LogP contribution in [-0.2, 0) is 24.2 Å². The molecular formula is C25H25N3O5. The lowest BCUT2D eigenvalue weighted by atomic mass is 10.0. The molecule has 33 heavy (non-hydrogen) atoms. The summed E-state index contributed by atoms with van der Waals surface area (Å²) in [5.74, 6) is 2.23. The summed E-state index contributed by atoms with van der Waals surface area (Å²) in [6.45, 7) is 4.47. The smallest absolute Gasteiger partial charge is 0.262 e. The highest BCUT2D eigenvalue weighted by molar-refractivity contribution is 5.92. The second kappa shape index (κ2) is 8.97. The number of carbonyl (C=O) groups is 1. The largest absolute Gasteiger partial charge is 0.483 e. The van der Waals surface area contributed by atoms with Crippen molar-refractivity contribution >= 4 is 22.5 Å². The predicted molar refractivity (Wildman–Crippen MR) is 124 cm³/mol. The number of hydrogen-bond acceptors (Lipinski definition) is 6. The van der Waals surface area contributed by atoms with Crippen LogP contribution in [0.4, 0.5) is 5.69 Å². The number of rotatable bonds is 6. The van der Waals surface area contributed by atoms with Gasteiger partial charge in [-0.15, -0.1) is 6.58 Å². The molecule has 3 heterocycles. The van der Waals surface area contributed by atoms with Gasteiger partial charge in [0.1, 0.15) is 11.6 Å². The average molecular weight is 447 g/mol. The van der Waals surface area contributed by atoms with E-state index in [1.54, 1.807) is 41.0 Å². The summed E-state index contributed by atoms with van der Waals surface area (Å²) in [7, 11) is 0. The van der Waals surface area contributed by atoms with E-state index in [1.807, 2.05) is 0 Å². The number of anilines is 1. The number of aromatic nitrogens is 2. The fourth-order valence-electron chi connectivity index (χ4n) is 4.35. The van der Waals surface area contributed by atoms with Gasteiger partial charge in [-0.05, 0) is 43.5 Å². The average Bonchev–Trinajstić information content (AvgIpc) is 3.14. The number of fused-ring (bicyclic) bond motifs is 3. The van der Waals surface area contributed by atoms with Gasteiger partial charge in [0.25, 0.3) is 11.5 Å². The Balaban J connectivity index is 1.40. The molecule has 0 unspecified atom stereocenters. The maximum absolute atomic E-state index is 13.4. The third-order valence-electron chi connectivity index (χ3n) is 5.91. The van der Waals surface area contributed by atoms with Gasteiger partial charge >= 0.3 is 0 Å². The first-order valence-electron chi connectivity index (χ1n) is 11.1. The van der Waals surface area contributed by atoms with E-state index in [-0.39, 0.29) is 24.9 Å². The van der Waals surface area contributed by atoms with Gasteiger partial charge in [-0.2, -0.15) is 0 Å². The maximum Gasteiger partial charge on any atom is 0.262 e. The molecule has 2 aliphatic rings. The Hall–Kier alpha value is -3.81. The SMILES string of the molecule is C=CCc1c(OCC(=O)Nc2ccc3c(c2)OCO3)ccc2nc3n(c(=O)c12)CCCCC3. The number of amides is 1. The van der Waals surface area contributed by atoms with Crippen LogP contribution < -0.4 is 25.1 Å². The predicted octanol–water partition coefficient (Wildman–Crippen LogP) is 3.60. The van der Waals surface area contributed by atoms with E-state index >= 15 is 0 Å². The van der Waals surface area contributed by atoms with Crippen LogP contribution in [0.5, 0.6) is 17.2 Å². The monoisotopic (exact) mass is 447 g/mol. The molecular weight excluding hydrogens is 422 g/mol. The van der Waals surface area contributed by atoms with Crippen LogP contribution in [0.3, 0.4) is 0 Å². The molecule has 1 aromatic heterocycles. The van der Waals surface area contributed by atoms with Crippen LogP contribution in [0.15, 0.2) is 47.8 Å². The molecule has 8 nitrogen and oxygen atoms in total. The van der Waals surface area contributed by atoms with Gasteiger partial charge < -0.3 is 19.5 Å². The van der Waals surface area contributed by atoms with Crippen molar-refractivity contribution < 1.29 is 19.0 Å². The lowest BCUT2D eigenvalue weighted by Crippen LogP contribution is -2.26. The molecule has 2 aromatic carbocycles. The summed E-state index contributed by atoms with van der Waals surface area (Å²) in [6.07, 6.45) is 6.06. The van der Waals surface area contributed by atoms with E-state index in [0.29, 0.717) is 52.4 Å². The van der Waals surface area contributed by atoms with Gasteiger partial charge in [0.2, 0.25) is 6.79 Å². The molecule has 3 aromatic rings. The van der Waals surface area contributed by atoms with Crippen molar-refractivity contribution in [2.24, 2.45) is 0 Å². The number of nitrogens with zero attached hydrogens (tertiary/aromatic N) is 2. The summed E-state index contributed by atoms with van der Waals surface area (Å²) in [6, 6.07) is 8.75. The Morgan fingerprint density at radius 1 is 1.18 bits per heavy atom. The number of ether oxygens (including phenoxy) is 3. The van der Waals surface area contributed by atoms with Gasteiger partial charge in [0.15, 0.2) is 18.1 Å². The lowest BCUT2D eigenvalue weighted by Gasteiger charge is -2.15. The summed E-state index contributed by atoms with van der Waals surface area (Å²) in [4.78, 5) is 30.7. The Morgan fingerprint density at radius 3 is 2.94 bits per heavy atom. The molecule has 2 aliphatic heterocycles. The van der Waals surface area contributed by atoms with Crippen molar-refractivity contribution in [3.63, 3.8) is 0 Å². The molecule has 0 saturated heterocycles. The molecule has 0 fully saturated rings. The molecule has 0 bridgehead atoms. The van der Waals surface area contributed by atoms with Gasteiger partial charge in [-0.25, -0.2) is 4.98 Å². The lowest BCUT2D eigenvalue weighted by molar-refractivity contribution is -0.118. The first kappa shape index (κ1) is 21.1. The van der Waals surface area contributed by atoms with E-state index < -0.39 is 0 Å². The number of nitrogens with one attached hydrogen (secondary N) is 1. The first-order valence-corrected chi connectivity index (χ1v) is 11.1. The van der Waals surface area contributed by atoms with E-state index in [9.17, 15) is 9.59 Å². The Kier molecular flexibility index (Phi) is 5.73. The molecule has 1 N–H and O–H groups in total. The zero-order valence-corrected chi connectivity index (χ0v) is 18.3. The highest BCUT2D eigenvalue weighted by atomic mass is 16.7. The fourth-order valence-corrected chi connectivity index (χ4v) is 4.35. The van der Waals surface area contributed by atoms with Crippen molar-refractivity contribution in [1.82, 2.24) is 9.55 Å². The summed E-state index contributed by atoms with van der Waals surface area (Å²) in [5.41, 5.74) is 1.89. The molecule has 0 atom stereocenters.